The molecule has 0 aliphatic heterocycles. The molecular weight excluding hydrogens is 328 g/mol. The lowest BCUT2D eigenvalue weighted by atomic mass is 10.2. The monoisotopic (exact) mass is 348 g/mol. The number of carbonyl (C=O) groups is 2. The minimum Gasteiger partial charge on any atom is -0.477 e. The molecule has 6 nitrogen and oxygen atoms in total. The average Bonchev–Trinajstić information content (AvgIpc) is 2.81. The van der Waals surface area contributed by atoms with Crippen molar-refractivity contribution in [3.8, 4) is 0 Å². The summed E-state index contributed by atoms with van der Waals surface area (Å²) in [6, 6.07) is 7.31. The van der Waals surface area contributed by atoms with Crippen LogP contribution in [0.25, 0.3) is 0 Å². The van der Waals surface area contributed by atoms with Gasteiger partial charge in [-0.3, -0.25) is 0 Å². The van der Waals surface area contributed by atoms with E-state index in [-0.39, 0.29) is 10.0 Å². The largest absolute Gasteiger partial charge is 0.477 e. The number of para-hydroxylation sites is 1. The van der Waals surface area contributed by atoms with Crippen molar-refractivity contribution in [2.75, 3.05) is 4.90 Å². The Bertz CT molecular complexity index is 777. The van der Waals surface area contributed by atoms with Gasteiger partial charge < -0.3 is 9.84 Å². The zero-order valence-electron chi connectivity index (χ0n) is 14.3. The second-order valence-corrected chi connectivity index (χ2v) is 7.30. The van der Waals surface area contributed by atoms with Gasteiger partial charge in [-0.2, -0.15) is 0 Å². The maximum atomic E-state index is 12.7. The Labute approximate surface area is 144 Å². The van der Waals surface area contributed by atoms with Gasteiger partial charge in [-0.15, -0.1) is 0 Å². The standard InChI is InChI=1S/C17H20N2O4S/c1-10-8-6-7-9-12(10)19(16(22)23-17(3,4)5)15-18-11(2)13(24-15)14(20)21/h6-9H,1-5H3,(H,20,21). The summed E-state index contributed by atoms with van der Waals surface area (Å²) in [5, 5.41) is 9.52. The lowest BCUT2D eigenvalue weighted by Crippen LogP contribution is -2.34. The maximum Gasteiger partial charge on any atom is 0.421 e. The van der Waals surface area contributed by atoms with Crippen molar-refractivity contribution in [1.29, 1.82) is 0 Å². The number of aromatic carboxylic acids is 1. The van der Waals surface area contributed by atoms with Gasteiger partial charge in [0.1, 0.15) is 10.5 Å². The third-order valence-electron chi connectivity index (χ3n) is 3.10. The van der Waals surface area contributed by atoms with Crippen molar-refractivity contribution < 1.29 is 19.4 Å². The van der Waals surface area contributed by atoms with Crippen LogP contribution >= 0.6 is 11.3 Å². The van der Waals surface area contributed by atoms with E-state index in [1.165, 1.54) is 4.90 Å². The Morgan fingerprint density at radius 2 is 1.83 bits per heavy atom. The molecule has 0 atom stereocenters. The van der Waals surface area contributed by atoms with E-state index in [2.05, 4.69) is 4.98 Å². The number of aromatic nitrogens is 1. The van der Waals surface area contributed by atoms with Gasteiger partial charge in [0, 0.05) is 0 Å². The van der Waals surface area contributed by atoms with Gasteiger partial charge in [-0.25, -0.2) is 19.5 Å². The molecule has 1 heterocycles. The molecule has 0 fully saturated rings. The van der Waals surface area contributed by atoms with E-state index in [9.17, 15) is 14.7 Å². The smallest absolute Gasteiger partial charge is 0.421 e. The summed E-state index contributed by atoms with van der Waals surface area (Å²) in [6.07, 6.45) is -0.595. The number of hydrogen-bond donors (Lipinski definition) is 1. The summed E-state index contributed by atoms with van der Waals surface area (Å²) in [5.41, 5.74) is 1.15. The molecule has 0 radical (unpaired) electrons. The molecule has 1 aromatic heterocycles. The van der Waals surface area contributed by atoms with Crippen molar-refractivity contribution in [3.63, 3.8) is 0 Å². The number of hydrogen-bond acceptors (Lipinski definition) is 5. The van der Waals surface area contributed by atoms with Crippen molar-refractivity contribution in [2.45, 2.75) is 40.2 Å². The highest BCUT2D eigenvalue weighted by atomic mass is 32.1. The highest BCUT2D eigenvalue weighted by Crippen LogP contribution is 2.34. The summed E-state index contributed by atoms with van der Waals surface area (Å²) in [4.78, 5) is 29.7. The van der Waals surface area contributed by atoms with E-state index < -0.39 is 17.7 Å². The number of thiazole rings is 1. The summed E-state index contributed by atoms with van der Waals surface area (Å²) >= 11 is 0.948. The second kappa shape index (κ2) is 6.60. The number of carbonyl (C=O) groups excluding carboxylic acids is 1. The number of anilines is 2. The summed E-state index contributed by atoms with van der Waals surface area (Å²) in [6.45, 7) is 8.80. The molecule has 1 aromatic carbocycles. The average molecular weight is 348 g/mol. The van der Waals surface area contributed by atoms with Crippen LogP contribution in [-0.4, -0.2) is 27.8 Å². The van der Waals surface area contributed by atoms with Crippen molar-refractivity contribution in [3.05, 3.63) is 40.4 Å². The third-order valence-corrected chi connectivity index (χ3v) is 4.23. The van der Waals surface area contributed by atoms with Gasteiger partial charge in [-0.1, -0.05) is 29.5 Å². The molecule has 2 rings (SSSR count). The number of carboxylic acid groups (broad SMARTS) is 1. The van der Waals surface area contributed by atoms with Crippen LogP contribution in [0.15, 0.2) is 24.3 Å². The first-order valence-electron chi connectivity index (χ1n) is 7.39. The van der Waals surface area contributed by atoms with Crippen molar-refractivity contribution in [1.82, 2.24) is 4.98 Å². The number of benzene rings is 1. The minimum absolute atomic E-state index is 0.104. The van der Waals surface area contributed by atoms with Crippen LogP contribution in [0.1, 0.15) is 41.7 Å². The summed E-state index contributed by atoms with van der Waals surface area (Å²) < 4.78 is 5.48. The Morgan fingerprint density at radius 3 is 2.33 bits per heavy atom. The van der Waals surface area contributed by atoms with E-state index in [4.69, 9.17) is 4.74 Å². The van der Waals surface area contributed by atoms with Gasteiger partial charge in [0.2, 0.25) is 5.13 Å². The third kappa shape index (κ3) is 3.91. The second-order valence-electron chi connectivity index (χ2n) is 6.32. The summed E-state index contributed by atoms with van der Waals surface area (Å²) in [5.74, 6) is -1.06. The number of aryl methyl sites for hydroxylation is 2. The quantitative estimate of drug-likeness (QED) is 0.881. The molecule has 128 valence electrons. The van der Waals surface area contributed by atoms with Gasteiger partial charge in [0.25, 0.3) is 0 Å². The Balaban J connectivity index is 2.55. The Morgan fingerprint density at radius 1 is 1.21 bits per heavy atom. The fourth-order valence-corrected chi connectivity index (χ4v) is 2.99. The van der Waals surface area contributed by atoms with Gasteiger partial charge in [0.15, 0.2) is 0 Å². The van der Waals surface area contributed by atoms with Crippen molar-refractivity contribution in [2.24, 2.45) is 0 Å². The predicted octanol–water partition coefficient (Wildman–Crippen LogP) is 4.53. The lowest BCUT2D eigenvalue weighted by Gasteiger charge is -2.26. The number of carboxylic acids is 1. The zero-order chi connectivity index (χ0) is 18.1. The van der Waals surface area contributed by atoms with E-state index in [0.717, 1.165) is 16.9 Å². The molecule has 24 heavy (non-hydrogen) atoms. The molecule has 0 bridgehead atoms. The van der Waals surface area contributed by atoms with Crippen molar-refractivity contribution >= 4 is 34.2 Å². The fourth-order valence-electron chi connectivity index (χ4n) is 2.08. The number of rotatable bonds is 3. The van der Waals surface area contributed by atoms with Gasteiger partial charge >= 0.3 is 12.1 Å². The zero-order valence-corrected chi connectivity index (χ0v) is 15.1. The number of amides is 1. The van der Waals surface area contributed by atoms with Gasteiger partial charge in [-0.05, 0) is 46.2 Å². The molecule has 0 aliphatic carbocycles. The first kappa shape index (κ1) is 17.9. The molecule has 0 unspecified atom stereocenters. The predicted molar refractivity (Wildman–Crippen MR) is 93.4 cm³/mol. The normalized spacial score (nSPS) is 11.2. The topological polar surface area (TPSA) is 79.7 Å². The van der Waals surface area contributed by atoms with E-state index >= 15 is 0 Å². The Hall–Kier alpha value is -2.41. The minimum atomic E-state index is -1.06. The van der Waals surface area contributed by atoms with E-state index in [1.807, 2.05) is 19.1 Å². The van der Waals surface area contributed by atoms with Crippen LogP contribution in [-0.2, 0) is 4.74 Å². The highest BCUT2D eigenvalue weighted by Gasteiger charge is 2.29. The number of ether oxygens (including phenoxy) is 1. The van der Waals surface area contributed by atoms with Crippen LogP contribution in [0.4, 0.5) is 15.6 Å². The molecule has 1 N–H and O–H groups in total. The SMILES string of the molecule is Cc1ccccc1N(C(=O)OC(C)(C)C)c1nc(C)c(C(=O)O)s1. The molecule has 0 aliphatic rings. The van der Waals surface area contributed by atoms with Crippen LogP contribution in [0.2, 0.25) is 0 Å². The van der Waals surface area contributed by atoms with E-state index in [0.29, 0.717) is 11.4 Å². The Kier molecular flexibility index (Phi) is 4.94. The molecule has 7 heteroatoms. The summed E-state index contributed by atoms with van der Waals surface area (Å²) in [7, 11) is 0. The maximum absolute atomic E-state index is 12.7. The van der Waals surface area contributed by atoms with Crippen LogP contribution in [0.3, 0.4) is 0 Å². The van der Waals surface area contributed by atoms with Gasteiger partial charge in [0.05, 0.1) is 11.4 Å². The molecular formula is C17H20N2O4S. The van der Waals surface area contributed by atoms with Crippen LogP contribution in [0.5, 0.6) is 0 Å². The lowest BCUT2D eigenvalue weighted by molar-refractivity contribution is 0.0597. The number of nitrogens with zero attached hydrogens (tertiary/aromatic N) is 2. The molecule has 1 amide bonds. The van der Waals surface area contributed by atoms with Crippen LogP contribution in [0, 0.1) is 13.8 Å². The molecule has 0 saturated carbocycles. The molecule has 0 saturated heterocycles. The molecule has 0 spiro atoms. The first-order valence-corrected chi connectivity index (χ1v) is 8.21. The fraction of sp³-hybridized carbons (Fsp3) is 0.353. The molecule has 2 aromatic rings. The van der Waals surface area contributed by atoms with Crippen LogP contribution < -0.4 is 4.90 Å². The highest BCUT2D eigenvalue weighted by molar-refractivity contribution is 7.17. The van der Waals surface area contributed by atoms with E-state index in [1.54, 1.807) is 39.8 Å². The first-order chi connectivity index (χ1) is 11.1.